The molecule has 1 unspecified atom stereocenters. The van der Waals surface area contributed by atoms with E-state index in [0.717, 1.165) is 25.1 Å². The molecule has 20 heavy (non-hydrogen) atoms. The van der Waals surface area contributed by atoms with Crippen molar-refractivity contribution in [3.8, 4) is 11.3 Å². The molecule has 6 heteroatoms. The molecule has 1 saturated heterocycles. The molecule has 3 rings (SSSR count). The maximum absolute atomic E-state index is 12.9. The molecule has 1 aromatic heterocycles. The Balaban J connectivity index is 1.72. The highest BCUT2D eigenvalue weighted by atomic mass is 19.1. The molecule has 0 spiro atoms. The Morgan fingerprint density at radius 2 is 2.15 bits per heavy atom. The van der Waals surface area contributed by atoms with E-state index in [4.69, 9.17) is 0 Å². The van der Waals surface area contributed by atoms with Gasteiger partial charge in [-0.05, 0) is 43.3 Å². The number of carbonyl (C=O) groups is 1. The summed E-state index contributed by atoms with van der Waals surface area (Å²) < 4.78 is 12.9. The zero-order chi connectivity index (χ0) is 13.9. The maximum atomic E-state index is 12.9. The van der Waals surface area contributed by atoms with E-state index in [1.165, 1.54) is 12.1 Å². The predicted octanol–water partition coefficient (Wildman–Crippen LogP) is 1.31. The van der Waals surface area contributed by atoms with Crippen molar-refractivity contribution in [3.63, 3.8) is 0 Å². The first-order chi connectivity index (χ1) is 9.72. The molecule has 3 N–H and O–H groups in total. The van der Waals surface area contributed by atoms with Gasteiger partial charge in [0.25, 0.3) is 5.91 Å². The number of aromatic nitrogens is 2. The predicted molar refractivity (Wildman–Crippen MR) is 72.7 cm³/mol. The van der Waals surface area contributed by atoms with Crippen molar-refractivity contribution in [3.05, 3.63) is 41.8 Å². The number of amides is 1. The highest BCUT2D eigenvalue weighted by Gasteiger charge is 2.19. The quantitative estimate of drug-likeness (QED) is 0.790. The third-order valence-electron chi connectivity index (χ3n) is 3.36. The molecule has 1 amide bonds. The summed E-state index contributed by atoms with van der Waals surface area (Å²) in [7, 11) is 0. The first-order valence-corrected chi connectivity index (χ1v) is 6.55. The fraction of sp³-hybridized carbons (Fsp3) is 0.286. The number of nitrogens with zero attached hydrogens (tertiary/aromatic N) is 1. The number of carbonyl (C=O) groups excluding carboxylic acids is 1. The van der Waals surface area contributed by atoms with Gasteiger partial charge in [-0.1, -0.05) is 0 Å². The average molecular weight is 274 g/mol. The van der Waals surface area contributed by atoms with Crippen LogP contribution in [0.3, 0.4) is 0 Å². The molecule has 0 saturated carbocycles. The number of hydrogen-bond acceptors (Lipinski definition) is 3. The molecule has 1 aromatic carbocycles. The highest BCUT2D eigenvalue weighted by molar-refractivity contribution is 5.93. The van der Waals surface area contributed by atoms with Crippen LogP contribution < -0.4 is 10.6 Å². The van der Waals surface area contributed by atoms with E-state index in [0.29, 0.717) is 11.4 Å². The van der Waals surface area contributed by atoms with Gasteiger partial charge >= 0.3 is 0 Å². The number of nitrogens with one attached hydrogen (secondary N) is 3. The second kappa shape index (κ2) is 5.42. The van der Waals surface area contributed by atoms with E-state index in [2.05, 4.69) is 20.8 Å². The van der Waals surface area contributed by atoms with Crippen LogP contribution >= 0.6 is 0 Å². The molecule has 1 aliphatic heterocycles. The molecular formula is C14H15FN4O. The number of benzene rings is 1. The van der Waals surface area contributed by atoms with Crippen LogP contribution in [0.5, 0.6) is 0 Å². The fourth-order valence-electron chi connectivity index (χ4n) is 2.25. The van der Waals surface area contributed by atoms with Crippen LogP contribution in [0.2, 0.25) is 0 Å². The lowest BCUT2D eigenvalue weighted by Gasteiger charge is -2.09. The third-order valence-corrected chi connectivity index (χ3v) is 3.36. The number of hydrogen-bond donors (Lipinski definition) is 3. The minimum atomic E-state index is -0.295. The van der Waals surface area contributed by atoms with E-state index in [1.54, 1.807) is 18.2 Å². The minimum absolute atomic E-state index is 0.167. The Labute approximate surface area is 115 Å². The number of rotatable bonds is 3. The van der Waals surface area contributed by atoms with Crippen LogP contribution in [-0.2, 0) is 0 Å². The van der Waals surface area contributed by atoms with Crippen molar-refractivity contribution < 1.29 is 9.18 Å². The largest absolute Gasteiger partial charge is 0.347 e. The van der Waals surface area contributed by atoms with Crippen LogP contribution in [0, 0.1) is 5.82 Å². The summed E-state index contributed by atoms with van der Waals surface area (Å²) in [6, 6.07) is 7.84. The van der Waals surface area contributed by atoms with Gasteiger partial charge in [-0.15, -0.1) is 0 Å². The lowest BCUT2D eigenvalue weighted by molar-refractivity contribution is 0.0935. The molecule has 2 aromatic rings. The van der Waals surface area contributed by atoms with Gasteiger partial charge in [-0.3, -0.25) is 9.89 Å². The van der Waals surface area contributed by atoms with Gasteiger partial charge in [0.1, 0.15) is 11.5 Å². The lowest BCUT2D eigenvalue weighted by atomic mass is 10.1. The van der Waals surface area contributed by atoms with Gasteiger partial charge in [0, 0.05) is 18.2 Å². The molecule has 0 bridgehead atoms. The SMILES string of the molecule is O=C(NC1CCNC1)c1cc(-c2ccc(F)cc2)n[nH]1. The topological polar surface area (TPSA) is 69.8 Å². The Morgan fingerprint density at radius 3 is 2.85 bits per heavy atom. The van der Waals surface area contributed by atoms with Gasteiger partial charge in [-0.2, -0.15) is 5.10 Å². The summed E-state index contributed by atoms with van der Waals surface area (Å²) >= 11 is 0. The summed E-state index contributed by atoms with van der Waals surface area (Å²) in [6.45, 7) is 1.72. The fourth-order valence-corrected chi connectivity index (χ4v) is 2.25. The second-order valence-corrected chi connectivity index (χ2v) is 4.84. The van der Waals surface area contributed by atoms with Gasteiger partial charge in [-0.25, -0.2) is 4.39 Å². The molecule has 1 atom stereocenters. The zero-order valence-corrected chi connectivity index (χ0v) is 10.8. The number of aromatic amines is 1. The minimum Gasteiger partial charge on any atom is -0.347 e. The van der Waals surface area contributed by atoms with E-state index in [-0.39, 0.29) is 17.8 Å². The number of halogens is 1. The second-order valence-electron chi connectivity index (χ2n) is 4.84. The van der Waals surface area contributed by atoms with Crippen LogP contribution in [0.25, 0.3) is 11.3 Å². The smallest absolute Gasteiger partial charge is 0.269 e. The van der Waals surface area contributed by atoms with Gasteiger partial charge in [0.05, 0.1) is 5.69 Å². The van der Waals surface area contributed by atoms with Crippen LogP contribution in [0.1, 0.15) is 16.9 Å². The standard InChI is InChI=1S/C14H15FN4O/c15-10-3-1-9(2-4-10)12-7-13(19-18-12)14(20)17-11-5-6-16-8-11/h1-4,7,11,16H,5-6,8H2,(H,17,20)(H,18,19). The van der Waals surface area contributed by atoms with Crippen LogP contribution in [0.15, 0.2) is 30.3 Å². The molecule has 104 valence electrons. The first-order valence-electron chi connectivity index (χ1n) is 6.55. The Bertz CT molecular complexity index is 602. The van der Waals surface area contributed by atoms with Gasteiger partial charge in [0.15, 0.2) is 0 Å². The summed E-state index contributed by atoms with van der Waals surface area (Å²) in [4.78, 5) is 12.0. The maximum Gasteiger partial charge on any atom is 0.269 e. The molecular weight excluding hydrogens is 259 g/mol. The van der Waals surface area contributed by atoms with Crippen molar-refractivity contribution in [2.75, 3.05) is 13.1 Å². The summed E-state index contributed by atoms with van der Waals surface area (Å²) in [5.74, 6) is -0.462. The molecule has 2 heterocycles. The van der Waals surface area contributed by atoms with Gasteiger partial charge < -0.3 is 10.6 Å². The molecule has 1 fully saturated rings. The van der Waals surface area contributed by atoms with E-state index < -0.39 is 0 Å². The molecule has 0 aliphatic carbocycles. The van der Waals surface area contributed by atoms with Crippen molar-refractivity contribution in [1.82, 2.24) is 20.8 Å². The third kappa shape index (κ3) is 2.70. The van der Waals surface area contributed by atoms with E-state index in [1.807, 2.05) is 0 Å². The van der Waals surface area contributed by atoms with Crippen molar-refractivity contribution >= 4 is 5.91 Å². The molecule has 1 aliphatic rings. The molecule has 5 nitrogen and oxygen atoms in total. The normalized spacial score (nSPS) is 18.1. The van der Waals surface area contributed by atoms with Crippen LogP contribution in [-0.4, -0.2) is 35.2 Å². The summed E-state index contributed by atoms with van der Waals surface area (Å²) in [6.07, 6.45) is 0.935. The molecule has 0 radical (unpaired) electrons. The lowest BCUT2D eigenvalue weighted by Crippen LogP contribution is -2.36. The van der Waals surface area contributed by atoms with Gasteiger partial charge in [0.2, 0.25) is 0 Å². The van der Waals surface area contributed by atoms with E-state index in [9.17, 15) is 9.18 Å². The summed E-state index contributed by atoms with van der Waals surface area (Å²) in [5, 5.41) is 12.9. The van der Waals surface area contributed by atoms with Crippen molar-refractivity contribution in [2.45, 2.75) is 12.5 Å². The average Bonchev–Trinajstić information content (AvgIpc) is 3.10. The van der Waals surface area contributed by atoms with Crippen molar-refractivity contribution in [1.29, 1.82) is 0 Å². The summed E-state index contributed by atoms with van der Waals surface area (Å²) in [5.41, 5.74) is 1.81. The first kappa shape index (κ1) is 12.8. The monoisotopic (exact) mass is 274 g/mol. The van der Waals surface area contributed by atoms with E-state index >= 15 is 0 Å². The van der Waals surface area contributed by atoms with Crippen molar-refractivity contribution in [2.24, 2.45) is 0 Å². The van der Waals surface area contributed by atoms with Crippen LogP contribution in [0.4, 0.5) is 4.39 Å². The Hall–Kier alpha value is -2.21. The highest BCUT2D eigenvalue weighted by Crippen LogP contribution is 2.18. The Morgan fingerprint density at radius 1 is 1.35 bits per heavy atom. The number of H-pyrrole nitrogens is 1. The Kier molecular flexibility index (Phi) is 3.47. The zero-order valence-electron chi connectivity index (χ0n) is 10.8.